The van der Waals surface area contributed by atoms with E-state index in [4.69, 9.17) is 9.47 Å². The van der Waals surface area contributed by atoms with E-state index in [0.29, 0.717) is 38.5 Å². The van der Waals surface area contributed by atoms with Gasteiger partial charge in [0.1, 0.15) is 5.75 Å². The molecule has 1 heterocycles. The summed E-state index contributed by atoms with van der Waals surface area (Å²) < 4.78 is 11.2. The molecule has 1 fully saturated rings. The lowest BCUT2D eigenvalue weighted by Gasteiger charge is -2.33. The van der Waals surface area contributed by atoms with Crippen LogP contribution >= 0.6 is 15.9 Å². The average Bonchev–Trinajstić information content (AvgIpc) is 2.60. The van der Waals surface area contributed by atoms with E-state index in [1.807, 2.05) is 18.2 Å². The Kier molecular flexibility index (Phi) is 6.66. The summed E-state index contributed by atoms with van der Waals surface area (Å²) in [5.41, 5.74) is 0.824. The first-order valence-electron chi connectivity index (χ1n) is 7.77. The third kappa shape index (κ3) is 4.74. The van der Waals surface area contributed by atoms with Crippen LogP contribution in [0.5, 0.6) is 5.75 Å². The molecule has 7 heteroatoms. The summed E-state index contributed by atoms with van der Waals surface area (Å²) in [6, 6.07) is 5.61. The molecular formula is C17H21BrN2O4. The molecule has 0 aromatic heterocycles. The van der Waals surface area contributed by atoms with Crippen molar-refractivity contribution in [2.75, 3.05) is 39.9 Å². The lowest BCUT2D eigenvalue weighted by atomic mass is 10.2. The van der Waals surface area contributed by atoms with Crippen molar-refractivity contribution in [3.05, 3.63) is 34.3 Å². The van der Waals surface area contributed by atoms with Gasteiger partial charge in [-0.3, -0.25) is 4.79 Å². The normalized spacial score (nSPS) is 14.8. The van der Waals surface area contributed by atoms with Crippen LogP contribution in [-0.2, 0) is 9.53 Å². The van der Waals surface area contributed by atoms with Crippen molar-refractivity contribution in [2.24, 2.45) is 0 Å². The third-order valence-corrected chi connectivity index (χ3v) is 4.21. The largest absolute Gasteiger partial charge is 0.496 e. The number of carbonyl (C=O) groups excluding carboxylic acids is 2. The highest BCUT2D eigenvalue weighted by molar-refractivity contribution is 9.10. The first kappa shape index (κ1) is 18.3. The van der Waals surface area contributed by atoms with Crippen LogP contribution < -0.4 is 4.74 Å². The van der Waals surface area contributed by atoms with Gasteiger partial charge in [-0.15, -0.1) is 0 Å². The molecule has 0 N–H and O–H groups in total. The van der Waals surface area contributed by atoms with Crippen molar-refractivity contribution in [1.29, 1.82) is 0 Å². The van der Waals surface area contributed by atoms with Crippen LogP contribution in [0.2, 0.25) is 0 Å². The van der Waals surface area contributed by atoms with Gasteiger partial charge in [-0.1, -0.05) is 15.9 Å². The smallest absolute Gasteiger partial charge is 0.409 e. The fourth-order valence-corrected chi connectivity index (χ4v) is 2.80. The molecule has 24 heavy (non-hydrogen) atoms. The molecule has 0 atom stereocenters. The summed E-state index contributed by atoms with van der Waals surface area (Å²) in [5.74, 6) is 0.620. The molecule has 1 aromatic carbocycles. The third-order valence-electron chi connectivity index (χ3n) is 3.71. The summed E-state index contributed by atoms with van der Waals surface area (Å²) in [6.07, 6.45) is 2.95. The zero-order chi connectivity index (χ0) is 17.5. The minimum Gasteiger partial charge on any atom is -0.496 e. The highest BCUT2D eigenvalue weighted by Crippen LogP contribution is 2.24. The Balaban J connectivity index is 1.94. The maximum atomic E-state index is 12.3. The highest BCUT2D eigenvalue weighted by atomic mass is 79.9. The van der Waals surface area contributed by atoms with Gasteiger partial charge in [-0.2, -0.15) is 0 Å². The number of halogens is 1. The second-order valence-electron chi connectivity index (χ2n) is 5.23. The Hall–Kier alpha value is -2.02. The molecule has 2 amide bonds. The zero-order valence-corrected chi connectivity index (χ0v) is 15.4. The Morgan fingerprint density at radius 1 is 1.21 bits per heavy atom. The van der Waals surface area contributed by atoms with E-state index < -0.39 is 0 Å². The van der Waals surface area contributed by atoms with Gasteiger partial charge < -0.3 is 19.3 Å². The summed E-state index contributed by atoms with van der Waals surface area (Å²) in [5, 5.41) is 0. The minimum atomic E-state index is -0.320. The van der Waals surface area contributed by atoms with Gasteiger partial charge in [-0.05, 0) is 31.2 Å². The Bertz CT molecular complexity index is 625. The van der Waals surface area contributed by atoms with Crippen molar-refractivity contribution in [3.8, 4) is 5.75 Å². The predicted molar refractivity (Wildman–Crippen MR) is 94.9 cm³/mol. The SMILES string of the molecule is CCOC(=O)N1CCN(C(=O)C=Cc2cc(Br)ccc2OC)CC1. The minimum absolute atomic E-state index is 0.0828. The first-order valence-corrected chi connectivity index (χ1v) is 8.56. The van der Waals surface area contributed by atoms with Gasteiger partial charge in [0.2, 0.25) is 5.91 Å². The summed E-state index contributed by atoms with van der Waals surface area (Å²) in [4.78, 5) is 27.3. The van der Waals surface area contributed by atoms with E-state index in [0.717, 1.165) is 10.0 Å². The molecule has 0 saturated carbocycles. The Labute approximate surface area is 150 Å². The molecule has 0 unspecified atom stereocenters. The molecule has 130 valence electrons. The molecule has 1 aliphatic rings. The summed E-state index contributed by atoms with van der Waals surface area (Å²) in [6.45, 7) is 4.10. The number of piperazine rings is 1. The number of benzene rings is 1. The lowest BCUT2D eigenvalue weighted by Crippen LogP contribution is -2.50. The van der Waals surface area contributed by atoms with Gasteiger partial charge in [0.25, 0.3) is 0 Å². The number of amides is 2. The Morgan fingerprint density at radius 2 is 1.88 bits per heavy atom. The van der Waals surface area contributed by atoms with Gasteiger partial charge in [0.05, 0.1) is 13.7 Å². The maximum absolute atomic E-state index is 12.3. The van der Waals surface area contributed by atoms with Crippen LogP contribution in [0.3, 0.4) is 0 Å². The zero-order valence-electron chi connectivity index (χ0n) is 13.8. The number of carbonyl (C=O) groups is 2. The van der Waals surface area contributed by atoms with E-state index in [1.54, 1.807) is 29.9 Å². The number of rotatable bonds is 4. The van der Waals surface area contributed by atoms with Gasteiger partial charge in [-0.25, -0.2) is 4.79 Å². The van der Waals surface area contributed by atoms with Crippen molar-refractivity contribution >= 4 is 34.0 Å². The first-order chi connectivity index (χ1) is 11.5. The quantitative estimate of drug-likeness (QED) is 0.734. The van der Waals surface area contributed by atoms with Crippen molar-refractivity contribution in [3.63, 3.8) is 0 Å². The molecule has 1 saturated heterocycles. The average molecular weight is 397 g/mol. The topological polar surface area (TPSA) is 59.1 Å². The molecule has 0 bridgehead atoms. The Morgan fingerprint density at radius 3 is 2.50 bits per heavy atom. The van der Waals surface area contributed by atoms with E-state index >= 15 is 0 Å². The predicted octanol–water partition coefficient (Wildman–Crippen LogP) is 2.77. The second kappa shape index (κ2) is 8.73. The fraction of sp³-hybridized carbons (Fsp3) is 0.412. The maximum Gasteiger partial charge on any atom is 0.409 e. The fourth-order valence-electron chi connectivity index (χ4n) is 2.43. The number of hydrogen-bond donors (Lipinski definition) is 0. The molecule has 0 spiro atoms. The van der Waals surface area contributed by atoms with Crippen LogP contribution in [0.15, 0.2) is 28.7 Å². The standard InChI is InChI=1S/C17H21BrN2O4/c1-3-24-17(22)20-10-8-19(9-11-20)16(21)7-4-13-12-14(18)5-6-15(13)23-2/h4-7,12H,3,8-11H2,1-2H3. The molecule has 1 aliphatic heterocycles. The van der Waals surface area contributed by atoms with Crippen LogP contribution in [0.1, 0.15) is 12.5 Å². The number of nitrogens with zero attached hydrogens (tertiary/aromatic N) is 2. The number of methoxy groups -OCH3 is 1. The number of hydrogen-bond acceptors (Lipinski definition) is 4. The molecule has 1 aromatic rings. The lowest BCUT2D eigenvalue weighted by molar-refractivity contribution is -0.127. The van der Waals surface area contributed by atoms with E-state index in [9.17, 15) is 9.59 Å². The van der Waals surface area contributed by atoms with E-state index in [-0.39, 0.29) is 12.0 Å². The van der Waals surface area contributed by atoms with E-state index in [2.05, 4.69) is 15.9 Å². The number of ether oxygens (including phenoxy) is 2. The molecule has 2 rings (SSSR count). The summed E-state index contributed by atoms with van der Waals surface area (Å²) in [7, 11) is 1.59. The van der Waals surface area contributed by atoms with Gasteiger partial charge >= 0.3 is 6.09 Å². The second-order valence-corrected chi connectivity index (χ2v) is 6.15. The highest BCUT2D eigenvalue weighted by Gasteiger charge is 2.23. The van der Waals surface area contributed by atoms with Crippen LogP contribution in [0.25, 0.3) is 6.08 Å². The summed E-state index contributed by atoms with van der Waals surface area (Å²) >= 11 is 3.41. The van der Waals surface area contributed by atoms with Crippen molar-refractivity contribution < 1.29 is 19.1 Å². The van der Waals surface area contributed by atoms with E-state index in [1.165, 1.54) is 6.08 Å². The van der Waals surface area contributed by atoms with Crippen LogP contribution in [-0.4, -0.2) is 61.7 Å². The van der Waals surface area contributed by atoms with Crippen molar-refractivity contribution in [1.82, 2.24) is 9.80 Å². The van der Waals surface area contributed by atoms with Gasteiger partial charge in [0, 0.05) is 42.3 Å². The van der Waals surface area contributed by atoms with Gasteiger partial charge in [0.15, 0.2) is 0 Å². The molecule has 0 aliphatic carbocycles. The van der Waals surface area contributed by atoms with Crippen LogP contribution in [0.4, 0.5) is 4.79 Å². The van der Waals surface area contributed by atoms with Crippen LogP contribution in [0, 0.1) is 0 Å². The monoisotopic (exact) mass is 396 g/mol. The molecule has 6 nitrogen and oxygen atoms in total. The van der Waals surface area contributed by atoms with Crippen molar-refractivity contribution in [2.45, 2.75) is 6.92 Å². The molecular weight excluding hydrogens is 376 g/mol. The molecule has 0 radical (unpaired) electrons.